The van der Waals surface area contributed by atoms with E-state index in [-0.39, 0.29) is 0 Å². The molecule has 0 aliphatic heterocycles. The molecule has 1 aromatic carbocycles. The highest BCUT2D eigenvalue weighted by atomic mass is 35.5. The minimum Gasteiger partial charge on any atom is -0.479 e. The Morgan fingerprint density at radius 1 is 1.17 bits per heavy atom. The summed E-state index contributed by atoms with van der Waals surface area (Å²) in [5, 5.41) is 0.905. The molecule has 0 amide bonds. The van der Waals surface area contributed by atoms with Crippen LogP contribution >= 0.6 is 23.2 Å². The van der Waals surface area contributed by atoms with Crippen LogP contribution in [0.3, 0.4) is 0 Å². The van der Waals surface area contributed by atoms with Crippen molar-refractivity contribution in [2.24, 2.45) is 0 Å². The van der Waals surface area contributed by atoms with Gasteiger partial charge < -0.3 is 9.47 Å². The van der Waals surface area contributed by atoms with E-state index >= 15 is 0 Å². The van der Waals surface area contributed by atoms with Crippen LogP contribution in [0.4, 0.5) is 0 Å². The smallest absolute Gasteiger partial charge is 0.347 e. The van der Waals surface area contributed by atoms with Crippen LogP contribution in [0.25, 0.3) is 0 Å². The Balaban J connectivity index is 2.69. The van der Waals surface area contributed by atoms with E-state index in [2.05, 4.69) is 0 Å². The van der Waals surface area contributed by atoms with Gasteiger partial charge in [-0.05, 0) is 45.9 Å². The van der Waals surface area contributed by atoms with E-state index in [4.69, 9.17) is 32.7 Å². The first-order chi connectivity index (χ1) is 8.17. The van der Waals surface area contributed by atoms with Gasteiger partial charge in [-0.2, -0.15) is 0 Å². The number of carbonyl (C=O) groups is 1. The van der Waals surface area contributed by atoms with Crippen molar-refractivity contribution >= 4 is 29.2 Å². The molecule has 0 heterocycles. The van der Waals surface area contributed by atoms with Crippen LogP contribution in [-0.2, 0) is 9.53 Å². The molecule has 0 aromatic heterocycles. The van der Waals surface area contributed by atoms with Gasteiger partial charge in [-0.25, -0.2) is 4.79 Å². The van der Waals surface area contributed by atoms with Crippen LogP contribution in [-0.4, -0.2) is 17.7 Å². The van der Waals surface area contributed by atoms with E-state index < -0.39 is 17.7 Å². The topological polar surface area (TPSA) is 35.5 Å². The van der Waals surface area contributed by atoms with Crippen molar-refractivity contribution in [1.82, 2.24) is 0 Å². The molecular formula is C13H16Cl2O3. The molecule has 0 spiro atoms. The van der Waals surface area contributed by atoms with Gasteiger partial charge in [0.1, 0.15) is 11.4 Å². The van der Waals surface area contributed by atoms with Crippen LogP contribution in [0.15, 0.2) is 18.2 Å². The molecule has 0 fully saturated rings. The molecule has 1 unspecified atom stereocenters. The van der Waals surface area contributed by atoms with Crippen molar-refractivity contribution in [2.45, 2.75) is 39.4 Å². The number of halogens is 2. The van der Waals surface area contributed by atoms with Crippen molar-refractivity contribution < 1.29 is 14.3 Å². The number of carbonyl (C=O) groups excluding carboxylic acids is 1. The zero-order chi connectivity index (χ0) is 13.9. The summed E-state index contributed by atoms with van der Waals surface area (Å²) in [4.78, 5) is 11.7. The first-order valence-electron chi connectivity index (χ1n) is 5.53. The minimum absolute atomic E-state index is 0.432. The van der Waals surface area contributed by atoms with Gasteiger partial charge in [0.2, 0.25) is 0 Å². The predicted octanol–water partition coefficient (Wildman–Crippen LogP) is 4.10. The lowest BCUT2D eigenvalue weighted by molar-refractivity contribution is -0.162. The average Bonchev–Trinajstić information content (AvgIpc) is 2.12. The molecule has 1 rings (SSSR count). The third kappa shape index (κ3) is 5.15. The fraction of sp³-hybridized carbons (Fsp3) is 0.462. The summed E-state index contributed by atoms with van der Waals surface area (Å²) >= 11 is 11.7. The molecular weight excluding hydrogens is 275 g/mol. The lowest BCUT2D eigenvalue weighted by Crippen LogP contribution is -2.33. The van der Waals surface area contributed by atoms with E-state index in [9.17, 15) is 4.79 Å². The molecule has 1 aromatic rings. The fourth-order valence-corrected chi connectivity index (χ4v) is 1.74. The lowest BCUT2D eigenvalue weighted by Gasteiger charge is -2.22. The van der Waals surface area contributed by atoms with E-state index in [0.29, 0.717) is 15.8 Å². The molecule has 3 nitrogen and oxygen atoms in total. The number of benzene rings is 1. The summed E-state index contributed by atoms with van der Waals surface area (Å²) in [6.45, 7) is 7.01. The molecule has 0 N–H and O–H groups in total. The lowest BCUT2D eigenvalue weighted by atomic mass is 10.2. The highest BCUT2D eigenvalue weighted by Crippen LogP contribution is 2.25. The molecule has 0 radical (unpaired) electrons. The van der Waals surface area contributed by atoms with Gasteiger partial charge in [0, 0.05) is 10.0 Å². The van der Waals surface area contributed by atoms with Crippen LogP contribution in [0.1, 0.15) is 27.7 Å². The monoisotopic (exact) mass is 290 g/mol. The van der Waals surface area contributed by atoms with Crippen molar-refractivity contribution in [2.75, 3.05) is 0 Å². The zero-order valence-electron chi connectivity index (χ0n) is 10.8. The Kier molecular flexibility index (Phi) is 4.88. The highest BCUT2D eigenvalue weighted by Gasteiger charge is 2.23. The summed E-state index contributed by atoms with van der Waals surface area (Å²) in [6, 6.07) is 4.77. The van der Waals surface area contributed by atoms with Crippen molar-refractivity contribution in [3.63, 3.8) is 0 Å². The molecule has 0 saturated heterocycles. The number of hydrogen-bond donors (Lipinski definition) is 0. The third-order valence-corrected chi connectivity index (χ3v) is 2.32. The summed E-state index contributed by atoms with van der Waals surface area (Å²) < 4.78 is 10.6. The van der Waals surface area contributed by atoms with Gasteiger partial charge in [-0.15, -0.1) is 0 Å². The average molecular weight is 291 g/mol. The summed E-state index contributed by atoms with van der Waals surface area (Å²) in [5.74, 6) is 0.00413. The summed E-state index contributed by atoms with van der Waals surface area (Å²) in [7, 11) is 0. The Labute approximate surface area is 117 Å². The number of rotatable bonds is 3. The van der Waals surface area contributed by atoms with Gasteiger partial charge in [0.15, 0.2) is 6.10 Å². The van der Waals surface area contributed by atoms with E-state index in [1.807, 2.05) is 0 Å². The number of esters is 1. The highest BCUT2D eigenvalue weighted by molar-refractivity contribution is 6.34. The molecule has 0 saturated carbocycles. The fourth-order valence-electron chi connectivity index (χ4n) is 1.23. The molecule has 0 aliphatic carbocycles. The van der Waals surface area contributed by atoms with E-state index in [0.717, 1.165) is 0 Å². The number of ether oxygens (including phenoxy) is 2. The second-order valence-electron chi connectivity index (χ2n) is 4.90. The van der Waals surface area contributed by atoms with E-state index in [1.54, 1.807) is 45.9 Å². The van der Waals surface area contributed by atoms with Crippen molar-refractivity contribution in [1.29, 1.82) is 0 Å². The molecule has 1 atom stereocenters. The largest absolute Gasteiger partial charge is 0.479 e. The van der Waals surface area contributed by atoms with Crippen LogP contribution in [0.2, 0.25) is 10.0 Å². The van der Waals surface area contributed by atoms with Crippen LogP contribution in [0.5, 0.6) is 5.75 Å². The maximum Gasteiger partial charge on any atom is 0.347 e. The number of hydrogen-bond acceptors (Lipinski definition) is 3. The first kappa shape index (κ1) is 15.1. The Morgan fingerprint density at radius 2 is 1.67 bits per heavy atom. The quantitative estimate of drug-likeness (QED) is 0.786. The van der Waals surface area contributed by atoms with Crippen molar-refractivity contribution in [3.8, 4) is 5.75 Å². The summed E-state index contributed by atoms with van der Waals surface area (Å²) in [5.41, 5.74) is -0.541. The van der Waals surface area contributed by atoms with Gasteiger partial charge in [0.25, 0.3) is 0 Å². The van der Waals surface area contributed by atoms with Gasteiger partial charge >= 0.3 is 5.97 Å². The molecule has 0 bridgehead atoms. The zero-order valence-corrected chi connectivity index (χ0v) is 12.3. The van der Waals surface area contributed by atoms with E-state index in [1.165, 1.54) is 0 Å². The SMILES string of the molecule is CC(Oc1cc(Cl)cc(Cl)c1)C(=O)OC(C)(C)C. The van der Waals surface area contributed by atoms with Gasteiger partial charge in [-0.3, -0.25) is 0 Å². The molecule has 100 valence electrons. The van der Waals surface area contributed by atoms with Gasteiger partial charge in [-0.1, -0.05) is 23.2 Å². The normalized spacial score (nSPS) is 13.0. The summed E-state index contributed by atoms with van der Waals surface area (Å²) in [6.07, 6.45) is -0.723. The van der Waals surface area contributed by atoms with Gasteiger partial charge in [0.05, 0.1) is 0 Å². The molecule has 5 heteroatoms. The maximum atomic E-state index is 11.7. The second-order valence-corrected chi connectivity index (χ2v) is 5.77. The molecule has 0 aliphatic rings. The second kappa shape index (κ2) is 5.81. The minimum atomic E-state index is -0.723. The Bertz CT molecular complexity index is 418. The molecule has 18 heavy (non-hydrogen) atoms. The Hall–Kier alpha value is -0.930. The van der Waals surface area contributed by atoms with Crippen LogP contribution < -0.4 is 4.74 Å². The predicted molar refractivity (Wildman–Crippen MR) is 72.4 cm³/mol. The van der Waals surface area contributed by atoms with Crippen molar-refractivity contribution in [3.05, 3.63) is 28.2 Å². The first-order valence-corrected chi connectivity index (χ1v) is 6.28. The standard InChI is InChI=1S/C13H16Cl2O3/c1-8(12(16)18-13(2,3)4)17-11-6-9(14)5-10(15)7-11/h5-8H,1-4H3. The maximum absolute atomic E-state index is 11.7. The Morgan fingerprint density at radius 3 is 2.11 bits per heavy atom. The van der Waals surface area contributed by atoms with Crippen LogP contribution in [0, 0.1) is 0 Å². The third-order valence-electron chi connectivity index (χ3n) is 1.89.